The second kappa shape index (κ2) is 6.77. The number of carbonyl (C=O) groups is 1. The highest BCUT2D eigenvalue weighted by Gasteiger charge is 2.25. The Morgan fingerprint density at radius 3 is 2.73 bits per heavy atom. The van der Waals surface area contributed by atoms with Crippen LogP contribution < -0.4 is 0 Å². The van der Waals surface area contributed by atoms with Crippen molar-refractivity contribution < 1.29 is 14.3 Å². The molecule has 1 aliphatic rings. The number of β-amino-alcohol motifs (C(OH)–C–C–N with tert-alkyl or cyclic N) is 1. The molecule has 2 aromatic rings. The maximum atomic E-state index is 12.4. The molecule has 5 heteroatoms. The van der Waals surface area contributed by atoms with Crippen molar-refractivity contribution in [1.29, 1.82) is 0 Å². The highest BCUT2D eigenvalue weighted by molar-refractivity contribution is 5.93. The SMILES string of the molecule is O=C(c1ccoc1)N1CCN(Cc2ccccc2)C[C@H](O)C1. The van der Waals surface area contributed by atoms with Gasteiger partial charge in [0.25, 0.3) is 5.91 Å². The van der Waals surface area contributed by atoms with Gasteiger partial charge in [0.1, 0.15) is 6.26 Å². The lowest BCUT2D eigenvalue weighted by atomic mass is 10.2. The van der Waals surface area contributed by atoms with Gasteiger partial charge >= 0.3 is 0 Å². The zero-order valence-electron chi connectivity index (χ0n) is 12.4. The van der Waals surface area contributed by atoms with Crippen LogP contribution in [0.4, 0.5) is 0 Å². The molecule has 0 radical (unpaired) electrons. The van der Waals surface area contributed by atoms with Crippen molar-refractivity contribution in [3.8, 4) is 0 Å². The third kappa shape index (κ3) is 3.55. The van der Waals surface area contributed by atoms with E-state index in [-0.39, 0.29) is 5.91 Å². The standard InChI is InChI=1S/C17H20N2O3/c20-16-11-18(10-14-4-2-1-3-5-14)7-8-19(12-16)17(21)15-6-9-22-13-15/h1-6,9,13,16,20H,7-8,10-12H2/t16-/m0/s1. The van der Waals surface area contributed by atoms with Crippen molar-refractivity contribution in [2.75, 3.05) is 26.2 Å². The van der Waals surface area contributed by atoms with E-state index in [1.165, 1.54) is 18.1 Å². The van der Waals surface area contributed by atoms with Gasteiger partial charge in [-0.25, -0.2) is 0 Å². The molecule has 1 fully saturated rings. The Bertz CT molecular complexity index is 598. The van der Waals surface area contributed by atoms with E-state index < -0.39 is 6.10 Å². The third-order valence-electron chi connectivity index (χ3n) is 3.89. The average molecular weight is 300 g/mol. The van der Waals surface area contributed by atoms with Gasteiger partial charge in [0, 0.05) is 32.7 Å². The molecule has 1 N–H and O–H groups in total. The summed E-state index contributed by atoms with van der Waals surface area (Å²) in [6.45, 7) is 3.06. The maximum Gasteiger partial charge on any atom is 0.257 e. The van der Waals surface area contributed by atoms with Crippen LogP contribution in [-0.2, 0) is 6.54 Å². The number of aliphatic hydroxyl groups excluding tert-OH is 1. The second-order valence-corrected chi connectivity index (χ2v) is 5.64. The molecule has 1 atom stereocenters. The summed E-state index contributed by atoms with van der Waals surface area (Å²) in [6.07, 6.45) is 2.40. The Morgan fingerprint density at radius 2 is 2.00 bits per heavy atom. The van der Waals surface area contributed by atoms with Gasteiger partial charge in [-0.15, -0.1) is 0 Å². The van der Waals surface area contributed by atoms with E-state index in [9.17, 15) is 9.90 Å². The van der Waals surface area contributed by atoms with Crippen LogP contribution in [0.3, 0.4) is 0 Å². The molecule has 0 aliphatic carbocycles. The van der Waals surface area contributed by atoms with Gasteiger partial charge < -0.3 is 14.4 Å². The molecule has 0 bridgehead atoms. The molecule has 0 saturated carbocycles. The smallest absolute Gasteiger partial charge is 0.257 e. The molecule has 116 valence electrons. The van der Waals surface area contributed by atoms with Gasteiger partial charge in [0.15, 0.2) is 0 Å². The minimum Gasteiger partial charge on any atom is -0.472 e. The summed E-state index contributed by atoms with van der Waals surface area (Å²) in [6, 6.07) is 11.8. The molecule has 3 rings (SSSR count). The first-order valence-corrected chi connectivity index (χ1v) is 7.48. The molecule has 1 aromatic carbocycles. The molecule has 1 saturated heterocycles. The second-order valence-electron chi connectivity index (χ2n) is 5.64. The molecule has 1 aliphatic heterocycles. The fourth-order valence-electron chi connectivity index (χ4n) is 2.79. The molecule has 0 unspecified atom stereocenters. The van der Waals surface area contributed by atoms with E-state index in [2.05, 4.69) is 17.0 Å². The number of hydrogen-bond acceptors (Lipinski definition) is 4. The Labute approximate surface area is 129 Å². The summed E-state index contributed by atoms with van der Waals surface area (Å²) in [5.41, 5.74) is 1.74. The molecule has 5 nitrogen and oxygen atoms in total. The van der Waals surface area contributed by atoms with Crippen molar-refractivity contribution in [2.45, 2.75) is 12.6 Å². The Balaban J connectivity index is 1.64. The Hall–Kier alpha value is -2.11. The molecular weight excluding hydrogens is 280 g/mol. The molecule has 2 heterocycles. The van der Waals surface area contributed by atoms with Gasteiger partial charge in [0.2, 0.25) is 0 Å². The first-order chi connectivity index (χ1) is 10.7. The maximum absolute atomic E-state index is 12.4. The summed E-state index contributed by atoms with van der Waals surface area (Å²) in [7, 11) is 0. The number of aliphatic hydroxyl groups is 1. The molecule has 0 spiro atoms. The van der Waals surface area contributed by atoms with Crippen molar-refractivity contribution in [3.63, 3.8) is 0 Å². The minimum absolute atomic E-state index is 0.0886. The number of hydrogen-bond donors (Lipinski definition) is 1. The lowest BCUT2D eigenvalue weighted by Gasteiger charge is -2.21. The first kappa shape index (κ1) is 14.8. The van der Waals surface area contributed by atoms with Crippen molar-refractivity contribution >= 4 is 5.91 Å². The number of carbonyl (C=O) groups excluding carboxylic acids is 1. The molecule has 1 aromatic heterocycles. The van der Waals surface area contributed by atoms with Crippen LogP contribution in [-0.4, -0.2) is 53.1 Å². The Morgan fingerprint density at radius 1 is 1.18 bits per heavy atom. The van der Waals surface area contributed by atoms with Gasteiger partial charge in [-0.2, -0.15) is 0 Å². The molecule has 1 amide bonds. The number of nitrogens with zero attached hydrogens (tertiary/aromatic N) is 2. The number of amides is 1. The summed E-state index contributed by atoms with van der Waals surface area (Å²) >= 11 is 0. The van der Waals surface area contributed by atoms with Crippen LogP contribution in [0.5, 0.6) is 0 Å². The summed E-state index contributed by atoms with van der Waals surface area (Å²) in [5.74, 6) is -0.0886. The van der Waals surface area contributed by atoms with E-state index in [0.29, 0.717) is 25.2 Å². The van der Waals surface area contributed by atoms with Gasteiger partial charge in [-0.05, 0) is 11.6 Å². The number of furan rings is 1. The van der Waals surface area contributed by atoms with Gasteiger partial charge in [0.05, 0.1) is 17.9 Å². The molecule has 22 heavy (non-hydrogen) atoms. The van der Waals surface area contributed by atoms with Crippen LogP contribution in [0.2, 0.25) is 0 Å². The molecular formula is C17H20N2O3. The van der Waals surface area contributed by atoms with Crippen LogP contribution in [0.25, 0.3) is 0 Å². The summed E-state index contributed by atoms with van der Waals surface area (Å²) < 4.78 is 4.96. The van der Waals surface area contributed by atoms with E-state index in [1.54, 1.807) is 11.0 Å². The van der Waals surface area contributed by atoms with Crippen molar-refractivity contribution in [3.05, 3.63) is 60.1 Å². The summed E-state index contributed by atoms with van der Waals surface area (Å²) in [4.78, 5) is 16.2. The van der Waals surface area contributed by atoms with E-state index in [1.807, 2.05) is 18.2 Å². The lowest BCUT2D eigenvalue weighted by molar-refractivity contribution is 0.0662. The number of rotatable bonds is 3. The average Bonchev–Trinajstić information content (AvgIpc) is 2.99. The van der Waals surface area contributed by atoms with Crippen LogP contribution >= 0.6 is 0 Å². The van der Waals surface area contributed by atoms with Gasteiger partial charge in [-0.3, -0.25) is 9.69 Å². The first-order valence-electron chi connectivity index (χ1n) is 7.48. The quantitative estimate of drug-likeness (QED) is 0.935. The number of benzene rings is 1. The third-order valence-corrected chi connectivity index (χ3v) is 3.89. The van der Waals surface area contributed by atoms with Crippen molar-refractivity contribution in [1.82, 2.24) is 9.80 Å². The zero-order chi connectivity index (χ0) is 15.4. The summed E-state index contributed by atoms with van der Waals surface area (Å²) in [5, 5.41) is 10.2. The zero-order valence-corrected chi connectivity index (χ0v) is 12.4. The predicted octanol–water partition coefficient (Wildman–Crippen LogP) is 1.60. The van der Waals surface area contributed by atoms with E-state index >= 15 is 0 Å². The van der Waals surface area contributed by atoms with Crippen LogP contribution in [0.1, 0.15) is 15.9 Å². The topological polar surface area (TPSA) is 56.9 Å². The largest absolute Gasteiger partial charge is 0.472 e. The fraction of sp³-hybridized carbons (Fsp3) is 0.353. The van der Waals surface area contributed by atoms with E-state index in [4.69, 9.17) is 4.42 Å². The van der Waals surface area contributed by atoms with E-state index in [0.717, 1.165) is 13.1 Å². The van der Waals surface area contributed by atoms with Crippen molar-refractivity contribution in [2.24, 2.45) is 0 Å². The Kier molecular flexibility index (Phi) is 4.56. The minimum atomic E-state index is -0.540. The van der Waals surface area contributed by atoms with Crippen LogP contribution in [0.15, 0.2) is 53.3 Å². The van der Waals surface area contributed by atoms with Gasteiger partial charge in [-0.1, -0.05) is 30.3 Å². The highest BCUT2D eigenvalue weighted by atomic mass is 16.3. The highest BCUT2D eigenvalue weighted by Crippen LogP contribution is 2.12. The normalized spacial score (nSPS) is 19.9. The van der Waals surface area contributed by atoms with Crippen LogP contribution in [0, 0.1) is 0 Å². The monoisotopic (exact) mass is 300 g/mol. The fourth-order valence-corrected chi connectivity index (χ4v) is 2.79. The predicted molar refractivity (Wildman–Crippen MR) is 82.3 cm³/mol. The lowest BCUT2D eigenvalue weighted by Crippen LogP contribution is -2.37.